The topological polar surface area (TPSA) is 0 Å². The zero-order valence-corrected chi connectivity index (χ0v) is 15.6. The van der Waals surface area contributed by atoms with Crippen molar-refractivity contribution in [2.75, 3.05) is 0 Å². The van der Waals surface area contributed by atoms with Gasteiger partial charge in [0.2, 0.25) is 0 Å². The SMILES string of the molecule is CC(C)[C]1([Hf]([CH3])[CH3])C=Cc2cc3c(cc21)CCC3. The van der Waals surface area contributed by atoms with Crippen LogP contribution in [0.1, 0.15) is 42.5 Å². The van der Waals surface area contributed by atoms with Crippen LogP contribution in [0.4, 0.5) is 0 Å². The van der Waals surface area contributed by atoms with Gasteiger partial charge in [-0.05, 0) is 0 Å². The molecule has 1 aromatic carbocycles. The Hall–Kier alpha value is -0.170. The van der Waals surface area contributed by atoms with Crippen LogP contribution >= 0.6 is 0 Å². The molecular weight excluding hydrogens is 383 g/mol. The standard InChI is InChI=1S/C15H17.2CH3.Hf/c1-10(2)14-7-6-13-8-11-4-3-5-12(11)9-15(13)14;;;/h6-10H,3-5H2,1-2H3;2*1H3;. The molecule has 2 aliphatic carbocycles. The van der Waals surface area contributed by atoms with Crippen LogP contribution < -0.4 is 0 Å². The van der Waals surface area contributed by atoms with E-state index in [-0.39, 0.29) is 0 Å². The van der Waals surface area contributed by atoms with Gasteiger partial charge in [0, 0.05) is 0 Å². The molecule has 0 aromatic heterocycles. The number of benzene rings is 1. The third-order valence-corrected chi connectivity index (χ3v) is 14.6. The van der Waals surface area contributed by atoms with E-state index in [0.29, 0.717) is 3.17 Å². The Morgan fingerprint density at radius 3 is 2.39 bits per heavy atom. The van der Waals surface area contributed by atoms with Crippen LogP contribution in [-0.2, 0) is 37.5 Å². The van der Waals surface area contributed by atoms with Crippen molar-refractivity contribution >= 4 is 6.08 Å². The Bertz CT molecular complexity index is 501. The molecule has 1 heteroatoms. The summed E-state index contributed by atoms with van der Waals surface area (Å²) in [4.78, 5) is 0. The predicted molar refractivity (Wildman–Crippen MR) is 75.7 cm³/mol. The van der Waals surface area contributed by atoms with Crippen molar-refractivity contribution in [3.63, 3.8) is 0 Å². The summed E-state index contributed by atoms with van der Waals surface area (Å²) in [6.07, 6.45) is 8.97. The Labute approximate surface area is 119 Å². The summed E-state index contributed by atoms with van der Waals surface area (Å²) >= 11 is -1.53. The first-order valence-corrected chi connectivity index (χ1v) is 16.2. The third-order valence-electron chi connectivity index (χ3n) is 4.97. The molecule has 1 atom stereocenters. The van der Waals surface area contributed by atoms with Crippen LogP contribution in [0.2, 0.25) is 9.36 Å². The predicted octanol–water partition coefficient (Wildman–Crippen LogP) is 4.77. The van der Waals surface area contributed by atoms with Gasteiger partial charge in [0.15, 0.2) is 0 Å². The zero-order valence-electron chi connectivity index (χ0n) is 12.0. The fourth-order valence-electron chi connectivity index (χ4n) is 3.97. The molecule has 1 unspecified atom stereocenters. The van der Waals surface area contributed by atoms with E-state index < -0.39 is 21.4 Å². The van der Waals surface area contributed by atoms with Gasteiger partial charge in [-0.1, -0.05) is 0 Å². The summed E-state index contributed by atoms with van der Waals surface area (Å²) in [5.74, 6) is 0.756. The van der Waals surface area contributed by atoms with Gasteiger partial charge in [0.05, 0.1) is 0 Å². The molecule has 0 spiro atoms. The number of hydrogen-bond acceptors (Lipinski definition) is 0. The first kappa shape index (κ1) is 12.8. The summed E-state index contributed by atoms with van der Waals surface area (Å²) in [7, 11) is 0. The molecule has 0 fully saturated rings. The summed E-state index contributed by atoms with van der Waals surface area (Å²) in [6, 6.07) is 5.07. The summed E-state index contributed by atoms with van der Waals surface area (Å²) < 4.78 is 5.63. The summed E-state index contributed by atoms with van der Waals surface area (Å²) in [5.41, 5.74) is 6.49. The number of rotatable bonds is 2. The van der Waals surface area contributed by atoms with Crippen LogP contribution in [0.15, 0.2) is 18.2 Å². The van der Waals surface area contributed by atoms with E-state index in [0.717, 1.165) is 5.92 Å². The number of aryl methyl sites for hydroxylation is 2. The van der Waals surface area contributed by atoms with E-state index in [1.807, 2.05) is 0 Å². The first-order valence-electron chi connectivity index (χ1n) is 7.22. The molecule has 18 heavy (non-hydrogen) atoms. The second-order valence-corrected chi connectivity index (χ2v) is 16.6. The minimum absolute atomic E-state index is 0.470. The van der Waals surface area contributed by atoms with E-state index in [1.54, 1.807) is 16.7 Å². The minimum atomic E-state index is -1.53. The van der Waals surface area contributed by atoms with E-state index in [9.17, 15) is 0 Å². The normalized spacial score (nSPS) is 24.5. The third kappa shape index (κ3) is 1.66. The number of hydrogen-bond donors (Lipinski definition) is 0. The molecule has 0 nitrogen and oxygen atoms in total. The van der Waals surface area contributed by atoms with Crippen molar-refractivity contribution in [1.29, 1.82) is 0 Å². The van der Waals surface area contributed by atoms with Crippen molar-refractivity contribution in [2.24, 2.45) is 5.92 Å². The van der Waals surface area contributed by atoms with Crippen LogP contribution in [0.25, 0.3) is 6.08 Å². The van der Waals surface area contributed by atoms with Gasteiger partial charge in [0.25, 0.3) is 0 Å². The monoisotopic (exact) mass is 407 g/mol. The van der Waals surface area contributed by atoms with Gasteiger partial charge < -0.3 is 0 Å². The number of fused-ring (bicyclic) bond motifs is 2. The maximum absolute atomic E-state index is 2.58. The molecule has 95 valence electrons. The van der Waals surface area contributed by atoms with Gasteiger partial charge in [-0.25, -0.2) is 0 Å². The molecule has 3 rings (SSSR count). The van der Waals surface area contributed by atoms with Crippen molar-refractivity contribution in [1.82, 2.24) is 0 Å². The molecule has 0 aliphatic heterocycles. The Balaban J connectivity index is 2.18. The van der Waals surface area contributed by atoms with E-state index >= 15 is 0 Å². The zero-order chi connectivity index (χ0) is 12.9. The Kier molecular flexibility index (Phi) is 3.17. The Morgan fingerprint density at radius 1 is 1.11 bits per heavy atom. The van der Waals surface area contributed by atoms with Crippen LogP contribution in [0, 0.1) is 5.92 Å². The molecule has 0 radical (unpaired) electrons. The first-order chi connectivity index (χ1) is 8.55. The molecule has 0 amide bonds. The quantitative estimate of drug-likeness (QED) is 0.622. The second-order valence-electron chi connectivity index (χ2n) is 6.42. The Morgan fingerprint density at radius 2 is 1.78 bits per heavy atom. The molecular formula is C17H23Hf. The van der Waals surface area contributed by atoms with Crippen LogP contribution in [0.5, 0.6) is 0 Å². The number of allylic oxidation sites excluding steroid dienone is 1. The fourth-order valence-corrected chi connectivity index (χ4v) is 12.3. The van der Waals surface area contributed by atoms with Crippen molar-refractivity contribution < 1.29 is 21.4 Å². The molecule has 0 N–H and O–H groups in total. The molecule has 0 bridgehead atoms. The molecule has 1 aromatic rings. The van der Waals surface area contributed by atoms with Crippen molar-refractivity contribution in [2.45, 2.75) is 45.6 Å². The van der Waals surface area contributed by atoms with Gasteiger partial charge >= 0.3 is 120 Å². The van der Waals surface area contributed by atoms with Crippen molar-refractivity contribution in [3.8, 4) is 0 Å². The van der Waals surface area contributed by atoms with Gasteiger partial charge in [-0.15, -0.1) is 0 Å². The van der Waals surface area contributed by atoms with E-state index in [4.69, 9.17) is 0 Å². The van der Waals surface area contributed by atoms with Crippen LogP contribution in [0.3, 0.4) is 0 Å². The van der Waals surface area contributed by atoms with E-state index in [1.165, 1.54) is 24.8 Å². The van der Waals surface area contributed by atoms with Crippen LogP contribution in [-0.4, -0.2) is 0 Å². The average molecular weight is 406 g/mol. The fraction of sp³-hybridized carbons (Fsp3) is 0.529. The van der Waals surface area contributed by atoms with Gasteiger partial charge in [-0.3, -0.25) is 0 Å². The molecule has 0 saturated heterocycles. The van der Waals surface area contributed by atoms with Gasteiger partial charge in [-0.2, -0.15) is 0 Å². The van der Waals surface area contributed by atoms with E-state index in [2.05, 4.69) is 47.5 Å². The van der Waals surface area contributed by atoms with Crippen molar-refractivity contribution in [3.05, 3.63) is 40.5 Å². The maximum atomic E-state index is 2.58. The molecule has 0 heterocycles. The molecule has 2 aliphatic rings. The molecule has 0 saturated carbocycles. The second kappa shape index (κ2) is 4.44. The average Bonchev–Trinajstić information content (AvgIpc) is 2.88. The van der Waals surface area contributed by atoms with Gasteiger partial charge in [0.1, 0.15) is 0 Å². The summed E-state index contributed by atoms with van der Waals surface area (Å²) in [6.45, 7) is 4.84. The summed E-state index contributed by atoms with van der Waals surface area (Å²) in [5, 5.41) is 0.